The summed E-state index contributed by atoms with van der Waals surface area (Å²) in [5.41, 5.74) is 0. The monoisotopic (exact) mass is 192 g/mol. The van der Waals surface area contributed by atoms with E-state index in [9.17, 15) is 8.42 Å². The van der Waals surface area contributed by atoms with Gasteiger partial charge in [0.2, 0.25) is 0 Å². The van der Waals surface area contributed by atoms with Gasteiger partial charge in [0.25, 0.3) is 0 Å². The van der Waals surface area contributed by atoms with Crippen molar-refractivity contribution in [1.29, 1.82) is 0 Å². The number of rotatable bonds is 0. The Morgan fingerprint density at radius 1 is 1.25 bits per heavy atom. The van der Waals surface area contributed by atoms with Crippen molar-refractivity contribution in [1.82, 2.24) is 0 Å². The fourth-order valence-corrected chi connectivity index (χ4v) is 2.94. The van der Waals surface area contributed by atoms with E-state index in [1.165, 1.54) is 0 Å². The van der Waals surface area contributed by atoms with Gasteiger partial charge in [-0.25, -0.2) is 8.42 Å². The molecule has 0 amide bonds. The van der Waals surface area contributed by atoms with Crippen molar-refractivity contribution < 1.29 is 8.42 Å². The summed E-state index contributed by atoms with van der Waals surface area (Å²) in [4.78, 5) is 0. The third-order valence-corrected chi connectivity index (χ3v) is 3.39. The summed E-state index contributed by atoms with van der Waals surface area (Å²) in [5.74, 6) is 2.06. The summed E-state index contributed by atoms with van der Waals surface area (Å²) in [5, 5.41) is 0. The Morgan fingerprint density at radius 3 is 1.75 bits per heavy atom. The van der Waals surface area contributed by atoms with Crippen LogP contribution in [0.3, 0.4) is 0 Å². The third-order valence-electron chi connectivity index (χ3n) is 1.46. The normalized spacial score (nSPS) is 26.6. The van der Waals surface area contributed by atoms with Gasteiger partial charge in [-0.05, 0) is 18.3 Å². The molecule has 0 aromatic heterocycles. The van der Waals surface area contributed by atoms with Gasteiger partial charge < -0.3 is 0 Å². The molecule has 0 aromatic carbocycles. The van der Waals surface area contributed by atoms with Crippen LogP contribution < -0.4 is 0 Å². The Morgan fingerprint density at radius 2 is 1.67 bits per heavy atom. The molecule has 1 heterocycles. The maximum absolute atomic E-state index is 10.6. The standard InChI is InChI=1S/C5H10O2S.C4H10/c1-5-2-3-8(6,7)4-5;1-4(2)3/h5H,2-4H2,1H3;4H,1-3H3. The van der Waals surface area contributed by atoms with Gasteiger partial charge in [0, 0.05) is 0 Å². The molecular formula is C9H20O2S. The predicted octanol–water partition coefficient (Wildman–Crippen LogP) is 2.10. The van der Waals surface area contributed by atoms with E-state index in [1.807, 2.05) is 6.92 Å². The molecule has 0 aromatic rings. The summed E-state index contributed by atoms with van der Waals surface area (Å²) in [6, 6.07) is 0. The molecule has 1 unspecified atom stereocenters. The van der Waals surface area contributed by atoms with E-state index in [4.69, 9.17) is 0 Å². The lowest BCUT2D eigenvalue weighted by Crippen LogP contribution is -2.01. The van der Waals surface area contributed by atoms with E-state index in [-0.39, 0.29) is 0 Å². The van der Waals surface area contributed by atoms with Crippen LogP contribution in [0.15, 0.2) is 0 Å². The van der Waals surface area contributed by atoms with Gasteiger partial charge in [-0.3, -0.25) is 0 Å². The van der Waals surface area contributed by atoms with Crippen molar-refractivity contribution in [2.75, 3.05) is 11.5 Å². The van der Waals surface area contributed by atoms with Crippen molar-refractivity contribution in [3.63, 3.8) is 0 Å². The van der Waals surface area contributed by atoms with E-state index < -0.39 is 9.84 Å². The van der Waals surface area contributed by atoms with Gasteiger partial charge in [0.1, 0.15) is 0 Å². The zero-order valence-corrected chi connectivity index (χ0v) is 9.32. The maximum atomic E-state index is 10.6. The molecule has 1 aliphatic heterocycles. The fourth-order valence-electron chi connectivity index (χ4n) is 0.981. The van der Waals surface area contributed by atoms with Crippen LogP contribution in [-0.4, -0.2) is 19.9 Å². The lowest BCUT2D eigenvalue weighted by atomic mass is 10.2. The minimum absolute atomic E-state index is 0.403. The van der Waals surface area contributed by atoms with Crippen LogP contribution in [0.2, 0.25) is 0 Å². The first-order valence-corrected chi connectivity index (χ1v) is 6.36. The second-order valence-corrected chi connectivity index (χ2v) is 6.47. The van der Waals surface area contributed by atoms with Gasteiger partial charge in [-0.1, -0.05) is 27.7 Å². The Labute approximate surface area is 76.3 Å². The summed E-state index contributed by atoms with van der Waals surface area (Å²) < 4.78 is 21.3. The summed E-state index contributed by atoms with van der Waals surface area (Å²) >= 11 is 0. The average Bonchev–Trinajstić information content (AvgIpc) is 2.07. The Bertz CT molecular complexity index is 202. The highest BCUT2D eigenvalue weighted by Crippen LogP contribution is 2.16. The highest BCUT2D eigenvalue weighted by Gasteiger charge is 2.23. The van der Waals surface area contributed by atoms with Crippen LogP contribution in [0.1, 0.15) is 34.1 Å². The first-order chi connectivity index (χ1) is 5.33. The molecule has 3 heteroatoms. The molecule has 0 spiro atoms. The minimum Gasteiger partial charge on any atom is -0.229 e. The zero-order chi connectivity index (χ0) is 9.78. The van der Waals surface area contributed by atoms with Gasteiger partial charge in [0.05, 0.1) is 11.5 Å². The molecule has 0 bridgehead atoms. The van der Waals surface area contributed by atoms with Crippen molar-refractivity contribution in [2.24, 2.45) is 11.8 Å². The molecule has 12 heavy (non-hydrogen) atoms. The molecule has 1 aliphatic rings. The minimum atomic E-state index is -2.60. The largest absolute Gasteiger partial charge is 0.229 e. The highest BCUT2D eigenvalue weighted by atomic mass is 32.2. The summed E-state index contributed by atoms with van der Waals surface area (Å²) in [7, 11) is -2.60. The van der Waals surface area contributed by atoms with E-state index in [0.717, 1.165) is 12.3 Å². The van der Waals surface area contributed by atoms with Crippen molar-refractivity contribution in [2.45, 2.75) is 34.1 Å². The van der Waals surface area contributed by atoms with Crippen LogP contribution in [0, 0.1) is 11.8 Å². The molecule has 1 saturated heterocycles. The van der Waals surface area contributed by atoms with Crippen molar-refractivity contribution in [3.05, 3.63) is 0 Å². The van der Waals surface area contributed by atoms with Gasteiger partial charge >= 0.3 is 0 Å². The van der Waals surface area contributed by atoms with E-state index >= 15 is 0 Å². The quantitative estimate of drug-likeness (QED) is 0.589. The predicted molar refractivity (Wildman–Crippen MR) is 52.9 cm³/mol. The summed E-state index contributed by atoms with van der Waals surface area (Å²) in [6.45, 7) is 8.48. The topological polar surface area (TPSA) is 34.1 Å². The molecule has 0 saturated carbocycles. The molecular weight excluding hydrogens is 172 g/mol. The van der Waals surface area contributed by atoms with Crippen LogP contribution in [0.5, 0.6) is 0 Å². The van der Waals surface area contributed by atoms with E-state index in [2.05, 4.69) is 20.8 Å². The second kappa shape index (κ2) is 4.85. The van der Waals surface area contributed by atoms with Gasteiger partial charge in [-0.15, -0.1) is 0 Å². The van der Waals surface area contributed by atoms with Gasteiger partial charge in [-0.2, -0.15) is 0 Å². The SMILES string of the molecule is CC(C)C.CC1CCS(=O)(=O)C1. The zero-order valence-electron chi connectivity index (χ0n) is 8.50. The van der Waals surface area contributed by atoms with Gasteiger partial charge in [0.15, 0.2) is 9.84 Å². The first kappa shape index (κ1) is 11.9. The summed E-state index contributed by atoms with van der Waals surface area (Å²) in [6.07, 6.45) is 0.863. The van der Waals surface area contributed by atoms with Crippen LogP contribution in [0.4, 0.5) is 0 Å². The number of hydrogen-bond donors (Lipinski definition) is 0. The van der Waals surface area contributed by atoms with Crippen molar-refractivity contribution in [3.8, 4) is 0 Å². The molecule has 1 rings (SSSR count). The number of sulfone groups is 1. The average molecular weight is 192 g/mol. The van der Waals surface area contributed by atoms with Crippen molar-refractivity contribution >= 4 is 9.84 Å². The molecule has 2 nitrogen and oxygen atoms in total. The Kier molecular flexibility index (Phi) is 4.83. The second-order valence-electron chi connectivity index (χ2n) is 4.24. The lowest BCUT2D eigenvalue weighted by molar-refractivity contribution is 0.599. The van der Waals surface area contributed by atoms with Crippen LogP contribution in [0.25, 0.3) is 0 Å². The first-order valence-electron chi connectivity index (χ1n) is 4.54. The van der Waals surface area contributed by atoms with E-state index in [0.29, 0.717) is 17.4 Å². The molecule has 1 atom stereocenters. The Hall–Kier alpha value is -0.0500. The molecule has 0 aliphatic carbocycles. The maximum Gasteiger partial charge on any atom is 0.150 e. The molecule has 1 fully saturated rings. The lowest BCUT2D eigenvalue weighted by Gasteiger charge is -1.90. The molecule has 0 radical (unpaired) electrons. The molecule has 74 valence electrons. The van der Waals surface area contributed by atoms with Crippen LogP contribution in [-0.2, 0) is 9.84 Å². The van der Waals surface area contributed by atoms with Crippen LogP contribution >= 0.6 is 0 Å². The smallest absolute Gasteiger partial charge is 0.150 e. The number of hydrogen-bond acceptors (Lipinski definition) is 2. The third kappa shape index (κ3) is 6.65. The van der Waals surface area contributed by atoms with E-state index in [1.54, 1.807) is 0 Å². The molecule has 0 N–H and O–H groups in total. The Balaban J connectivity index is 0.000000261. The highest BCUT2D eigenvalue weighted by molar-refractivity contribution is 7.91. The fraction of sp³-hybridized carbons (Fsp3) is 1.00.